The molecule has 0 bridgehead atoms. The van der Waals surface area contributed by atoms with E-state index in [1.54, 1.807) is 6.20 Å². The van der Waals surface area contributed by atoms with Gasteiger partial charge >= 0.3 is 0 Å². The summed E-state index contributed by atoms with van der Waals surface area (Å²) in [5.41, 5.74) is 3.11. The Bertz CT molecular complexity index is 1250. The van der Waals surface area contributed by atoms with Gasteiger partial charge in [0.25, 0.3) is 5.91 Å². The molecule has 8 heteroatoms. The van der Waals surface area contributed by atoms with Gasteiger partial charge in [-0.05, 0) is 42.4 Å². The number of carbonyl (C=O) groups excluding carboxylic acids is 2. The lowest BCUT2D eigenvalue weighted by Crippen LogP contribution is -2.37. The van der Waals surface area contributed by atoms with Crippen LogP contribution in [0.15, 0.2) is 60.8 Å². The lowest BCUT2D eigenvalue weighted by Gasteiger charge is -2.25. The highest BCUT2D eigenvalue weighted by Gasteiger charge is 2.42. The van der Waals surface area contributed by atoms with Crippen LogP contribution in [0.1, 0.15) is 34.9 Å². The first-order valence-corrected chi connectivity index (χ1v) is 13.3. The third-order valence-corrected chi connectivity index (χ3v) is 8.07. The van der Waals surface area contributed by atoms with E-state index in [0.29, 0.717) is 30.7 Å². The number of hydrogen-bond acceptors (Lipinski definition) is 6. The molecule has 3 unspecified atom stereocenters. The summed E-state index contributed by atoms with van der Waals surface area (Å²) in [5.74, 6) is 0.959. The molecule has 3 aliphatic heterocycles. The molecule has 0 radical (unpaired) electrons. The maximum Gasteiger partial charge on any atom is 0.274 e. The zero-order chi connectivity index (χ0) is 25.2. The SMILES string of the molecule is O=C(N[C@@H](CCN1CC2CN(C(=O)c3cnc4ccccc4n3)CC2C1)c1ccccc1)C1CCOC1. The van der Waals surface area contributed by atoms with E-state index < -0.39 is 0 Å². The van der Waals surface area contributed by atoms with Crippen LogP contribution in [-0.2, 0) is 9.53 Å². The van der Waals surface area contributed by atoms with E-state index in [4.69, 9.17) is 4.74 Å². The van der Waals surface area contributed by atoms with Crippen molar-refractivity contribution >= 4 is 22.8 Å². The zero-order valence-electron chi connectivity index (χ0n) is 21.0. The van der Waals surface area contributed by atoms with Crippen molar-refractivity contribution in [1.29, 1.82) is 0 Å². The molecule has 0 aliphatic carbocycles. The lowest BCUT2D eigenvalue weighted by atomic mass is 10.0. The van der Waals surface area contributed by atoms with Crippen molar-refractivity contribution in [2.24, 2.45) is 17.8 Å². The van der Waals surface area contributed by atoms with E-state index in [0.717, 1.165) is 62.2 Å². The minimum atomic E-state index is -0.0480. The molecule has 192 valence electrons. The van der Waals surface area contributed by atoms with Gasteiger partial charge in [-0.25, -0.2) is 4.98 Å². The number of fused-ring (bicyclic) bond motifs is 2. The summed E-state index contributed by atoms with van der Waals surface area (Å²) >= 11 is 0. The average molecular weight is 500 g/mol. The molecular weight excluding hydrogens is 466 g/mol. The van der Waals surface area contributed by atoms with Gasteiger partial charge in [0.1, 0.15) is 5.69 Å². The van der Waals surface area contributed by atoms with Crippen molar-refractivity contribution in [3.8, 4) is 0 Å². The van der Waals surface area contributed by atoms with Crippen LogP contribution < -0.4 is 5.32 Å². The highest BCUT2D eigenvalue weighted by Crippen LogP contribution is 2.32. The molecule has 6 rings (SSSR count). The molecule has 2 aromatic carbocycles. The molecule has 1 aromatic heterocycles. The van der Waals surface area contributed by atoms with E-state index in [2.05, 4.69) is 32.3 Å². The van der Waals surface area contributed by atoms with E-state index in [1.165, 1.54) is 0 Å². The zero-order valence-corrected chi connectivity index (χ0v) is 21.0. The molecule has 0 spiro atoms. The smallest absolute Gasteiger partial charge is 0.274 e. The fourth-order valence-corrected chi connectivity index (χ4v) is 6.01. The molecule has 4 heterocycles. The minimum Gasteiger partial charge on any atom is -0.381 e. The van der Waals surface area contributed by atoms with Gasteiger partial charge in [0.05, 0.1) is 35.8 Å². The Balaban J connectivity index is 1.04. The third-order valence-electron chi connectivity index (χ3n) is 8.07. The number of nitrogens with one attached hydrogen (secondary N) is 1. The van der Waals surface area contributed by atoms with Gasteiger partial charge in [-0.3, -0.25) is 14.6 Å². The molecule has 3 saturated heterocycles. The Kier molecular flexibility index (Phi) is 6.85. The molecule has 3 aromatic rings. The van der Waals surface area contributed by atoms with Crippen LogP contribution in [0.4, 0.5) is 0 Å². The van der Waals surface area contributed by atoms with Gasteiger partial charge in [-0.1, -0.05) is 42.5 Å². The van der Waals surface area contributed by atoms with Crippen molar-refractivity contribution in [3.05, 3.63) is 72.1 Å². The van der Waals surface area contributed by atoms with E-state index >= 15 is 0 Å². The Morgan fingerprint density at radius 1 is 0.973 bits per heavy atom. The van der Waals surface area contributed by atoms with Crippen LogP contribution in [0.3, 0.4) is 0 Å². The summed E-state index contributed by atoms with van der Waals surface area (Å²) in [6.07, 6.45) is 3.25. The summed E-state index contributed by atoms with van der Waals surface area (Å²) in [4.78, 5) is 39.4. The number of benzene rings is 2. The van der Waals surface area contributed by atoms with Crippen LogP contribution >= 0.6 is 0 Å². The number of rotatable bonds is 7. The lowest BCUT2D eigenvalue weighted by molar-refractivity contribution is -0.125. The second kappa shape index (κ2) is 10.6. The minimum absolute atomic E-state index is 0.0145. The number of carbonyl (C=O) groups is 2. The largest absolute Gasteiger partial charge is 0.381 e. The van der Waals surface area contributed by atoms with E-state index in [1.807, 2.05) is 47.4 Å². The fraction of sp³-hybridized carbons (Fsp3) is 0.448. The van der Waals surface area contributed by atoms with Crippen molar-refractivity contribution in [1.82, 2.24) is 25.1 Å². The number of nitrogens with zero attached hydrogens (tertiary/aromatic N) is 4. The van der Waals surface area contributed by atoms with Crippen molar-refractivity contribution < 1.29 is 14.3 Å². The van der Waals surface area contributed by atoms with E-state index in [-0.39, 0.29) is 23.8 Å². The van der Waals surface area contributed by atoms with Crippen molar-refractivity contribution in [3.63, 3.8) is 0 Å². The standard InChI is InChI=1S/C29H33N5O3/c35-28(21-11-13-37-19-21)32-24(20-6-2-1-3-7-20)10-12-33-15-22-17-34(18-23(22)16-33)29(36)27-14-30-25-8-4-5-9-26(25)31-27/h1-9,14,21-24H,10-13,15-19H2,(H,32,35)/t21?,22?,23?,24-/m0/s1. The normalized spacial score (nSPS) is 24.3. The van der Waals surface area contributed by atoms with Gasteiger partial charge in [0, 0.05) is 39.3 Å². The highest BCUT2D eigenvalue weighted by molar-refractivity contribution is 5.94. The van der Waals surface area contributed by atoms with Gasteiger partial charge in [-0.2, -0.15) is 0 Å². The van der Waals surface area contributed by atoms with Gasteiger partial charge in [0.2, 0.25) is 5.91 Å². The summed E-state index contributed by atoms with van der Waals surface area (Å²) in [6, 6.07) is 17.9. The van der Waals surface area contributed by atoms with Crippen molar-refractivity contribution in [2.45, 2.75) is 18.9 Å². The maximum atomic E-state index is 13.1. The second-order valence-corrected chi connectivity index (χ2v) is 10.6. The van der Waals surface area contributed by atoms with E-state index in [9.17, 15) is 9.59 Å². The number of ether oxygens (including phenoxy) is 1. The predicted octanol–water partition coefficient (Wildman–Crippen LogP) is 2.92. The second-order valence-electron chi connectivity index (χ2n) is 10.6. The summed E-state index contributed by atoms with van der Waals surface area (Å²) < 4.78 is 5.42. The topological polar surface area (TPSA) is 87.7 Å². The molecule has 0 saturated carbocycles. The number of likely N-dealkylation sites (tertiary alicyclic amines) is 2. The monoisotopic (exact) mass is 499 g/mol. The van der Waals surface area contributed by atoms with Gasteiger partial charge < -0.3 is 19.9 Å². The van der Waals surface area contributed by atoms with Crippen LogP contribution in [0, 0.1) is 17.8 Å². The molecule has 4 atom stereocenters. The average Bonchev–Trinajstić information content (AvgIpc) is 3.68. The number of hydrogen-bond donors (Lipinski definition) is 1. The Morgan fingerprint density at radius 3 is 2.43 bits per heavy atom. The summed E-state index contributed by atoms with van der Waals surface area (Å²) in [7, 11) is 0. The first-order valence-electron chi connectivity index (χ1n) is 13.3. The summed E-state index contributed by atoms with van der Waals surface area (Å²) in [5, 5.41) is 3.29. The quantitative estimate of drug-likeness (QED) is 0.538. The maximum absolute atomic E-state index is 13.1. The number of aromatic nitrogens is 2. The predicted molar refractivity (Wildman–Crippen MR) is 140 cm³/mol. The summed E-state index contributed by atoms with van der Waals surface area (Å²) in [6.45, 7) is 5.57. The first-order chi connectivity index (χ1) is 18.1. The molecule has 8 nitrogen and oxygen atoms in total. The fourth-order valence-electron chi connectivity index (χ4n) is 6.01. The van der Waals surface area contributed by atoms with Crippen LogP contribution in [0.2, 0.25) is 0 Å². The first kappa shape index (κ1) is 24.0. The van der Waals surface area contributed by atoms with Crippen molar-refractivity contribution in [2.75, 3.05) is 45.9 Å². The Labute approximate surface area is 217 Å². The molecule has 2 amide bonds. The van der Waals surface area contributed by atoms with Crippen LogP contribution in [0.5, 0.6) is 0 Å². The molecule has 3 fully saturated rings. The molecule has 3 aliphatic rings. The molecule has 37 heavy (non-hydrogen) atoms. The van der Waals surface area contributed by atoms with Crippen LogP contribution in [0.25, 0.3) is 11.0 Å². The number of amides is 2. The third kappa shape index (κ3) is 5.22. The highest BCUT2D eigenvalue weighted by atomic mass is 16.5. The Morgan fingerprint density at radius 2 is 1.70 bits per heavy atom. The number of para-hydroxylation sites is 2. The van der Waals surface area contributed by atoms with Crippen LogP contribution in [-0.4, -0.2) is 77.5 Å². The van der Waals surface area contributed by atoms with Gasteiger partial charge in [-0.15, -0.1) is 0 Å². The van der Waals surface area contributed by atoms with Gasteiger partial charge in [0.15, 0.2) is 0 Å². The Hall–Kier alpha value is -3.36. The molecule has 1 N–H and O–H groups in total. The molecular formula is C29H33N5O3.